The predicted octanol–water partition coefficient (Wildman–Crippen LogP) is 1.70. The van der Waals surface area contributed by atoms with Gasteiger partial charge in [-0.3, -0.25) is 14.4 Å². The summed E-state index contributed by atoms with van der Waals surface area (Å²) < 4.78 is 5.24. The summed E-state index contributed by atoms with van der Waals surface area (Å²) in [5.74, 6) is -0.0729. The number of furan rings is 1. The first kappa shape index (κ1) is 20.0. The maximum absolute atomic E-state index is 13.5. The maximum atomic E-state index is 13.5. The van der Waals surface area contributed by atoms with Crippen molar-refractivity contribution in [1.29, 1.82) is 0 Å². The number of piperidine rings is 1. The standard InChI is InChI=1S/C22H26N4O4/c1-2-23-19(27)15-25-16-26(17-7-4-3-5-8-17)22(21(25)29)10-12-24(13-11-22)20(28)18-9-6-14-30-18/h3-9,14H,2,10-13,15-16H2,1H3,(H,23,27). The highest BCUT2D eigenvalue weighted by atomic mass is 16.3. The van der Waals surface area contributed by atoms with Crippen LogP contribution in [0.3, 0.4) is 0 Å². The zero-order valence-corrected chi connectivity index (χ0v) is 17.0. The van der Waals surface area contributed by atoms with Crippen LogP contribution >= 0.6 is 0 Å². The summed E-state index contributed by atoms with van der Waals surface area (Å²) in [7, 11) is 0. The molecule has 1 spiro atoms. The Labute approximate surface area is 175 Å². The molecular formula is C22H26N4O4. The number of amides is 3. The molecule has 3 amide bonds. The molecule has 30 heavy (non-hydrogen) atoms. The Hall–Kier alpha value is -3.29. The van der Waals surface area contributed by atoms with Crippen molar-refractivity contribution in [3.05, 3.63) is 54.5 Å². The van der Waals surface area contributed by atoms with Crippen LogP contribution in [0.25, 0.3) is 0 Å². The minimum Gasteiger partial charge on any atom is -0.459 e. The van der Waals surface area contributed by atoms with Gasteiger partial charge in [0.25, 0.3) is 11.8 Å². The third kappa shape index (κ3) is 3.53. The van der Waals surface area contributed by atoms with Crippen LogP contribution in [0.4, 0.5) is 5.69 Å². The van der Waals surface area contributed by atoms with Gasteiger partial charge < -0.3 is 24.4 Å². The third-order valence-corrected chi connectivity index (χ3v) is 5.90. The molecule has 158 valence electrons. The molecule has 2 fully saturated rings. The van der Waals surface area contributed by atoms with E-state index in [4.69, 9.17) is 4.42 Å². The van der Waals surface area contributed by atoms with Crippen molar-refractivity contribution < 1.29 is 18.8 Å². The normalized spacial score (nSPS) is 18.2. The van der Waals surface area contributed by atoms with E-state index in [1.165, 1.54) is 6.26 Å². The van der Waals surface area contributed by atoms with Crippen LogP contribution in [-0.2, 0) is 9.59 Å². The summed E-state index contributed by atoms with van der Waals surface area (Å²) in [5, 5.41) is 2.76. The maximum Gasteiger partial charge on any atom is 0.289 e. The van der Waals surface area contributed by atoms with Gasteiger partial charge in [0.1, 0.15) is 12.1 Å². The van der Waals surface area contributed by atoms with Gasteiger partial charge in [-0.25, -0.2) is 0 Å². The molecular weight excluding hydrogens is 384 g/mol. The second-order valence-corrected chi connectivity index (χ2v) is 7.66. The van der Waals surface area contributed by atoms with Gasteiger partial charge in [-0.1, -0.05) is 18.2 Å². The molecule has 4 rings (SSSR count). The summed E-state index contributed by atoms with van der Waals surface area (Å²) in [5.41, 5.74) is 0.184. The molecule has 0 bridgehead atoms. The molecule has 3 heterocycles. The van der Waals surface area contributed by atoms with E-state index in [9.17, 15) is 14.4 Å². The van der Waals surface area contributed by atoms with Crippen molar-refractivity contribution in [2.24, 2.45) is 0 Å². The molecule has 0 saturated carbocycles. The molecule has 8 nitrogen and oxygen atoms in total. The Bertz CT molecular complexity index is 904. The molecule has 0 unspecified atom stereocenters. The van der Waals surface area contributed by atoms with Crippen molar-refractivity contribution in [2.45, 2.75) is 25.3 Å². The second-order valence-electron chi connectivity index (χ2n) is 7.66. The van der Waals surface area contributed by atoms with Gasteiger partial charge in [0.05, 0.1) is 12.9 Å². The zero-order chi connectivity index (χ0) is 21.1. The fraction of sp³-hybridized carbons (Fsp3) is 0.409. The lowest BCUT2D eigenvalue weighted by atomic mass is 9.85. The number of likely N-dealkylation sites (N-methyl/N-ethyl adjacent to an activating group) is 1. The van der Waals surface area contributed by atoms with Crippen LogP contribution in [-0.4, -0.2) is 65.9 Å². The van der Waals surface area contributed by atoms with Crippen LogP contribution in [0, 0.1) is 0 Å². The fourth-order valence-electron chi connectivity index (χ4n) is 4.38. The van der Waals surface area contributed by atoms with E-state index >= 15 is 0 Å². The Morgan fingerprint density at radius 3 is 2.47 bits per heavy atom. The molecule has 0 aliphatic carbocycles. The summed E-state index contributed by atoms with van der Waals surface area (Å²) in [6.45, 7) is 3.66. The number of carbonyl (C=O) groups is 3. The van der Waals surface area contributed by atoms with E-state index in [0.717, 1.165) is 5.69 Å². The second kappa shape index (κ2) is 8.22. The number of nitrogens with one attached hydrogen (secondary N) is 1. The molecule has 2 aromatic rings. The highest BCUT2D eigenvalue weighted by Gasteiger charge is 2.54. The van der Waals surface area contributed by atoms with Crippen LogP contribution < -0.4 is 10.2 Å². The van der Waals surface area contributed by atoms with Gasteiger partial charge in [-0.15, -0.1) is 0 Å². The van der Waals surface area contributed by atoms with Gasteiger partial charge in [-0.2, -0.15) is 0 Å². The van der Waals surface area contributed by atoms with E-state index in [0.29, 0.717) is 44.9 Å². The van der Waals surface area contributed by atoms with Crippen LogP contribution in [0.1, 0.15) is 30.3 Å². The van der Waals surface area contributed by atoms with E-state index < -0.39 is 5.54 Å². The average Bonchev–Trinajstić information content (AvgIpc) is 3.39. The molecule has 2 saturated heterocycles. The number of hydrogen-bond acceptors (Lipinski definition) is 5. The number of benzene rings is 1. The molecule has 1 N–H and O–H groups in total. The average molecular weight is 410 g/mol. The first-order valence-electron chi connectivity index (χ1n) is 10.3. The lowest BCUT2D eigenvalue weighted by Gasteiger charge is -2.43. The van der Waals surface area contributed by atoms with Crippen molar-refractivity contribution in [1.82, 2.24) is 15.1 Å². The van der Waals surface area contributed by atoms with Crippen molar-refractivity contribution >= 4 is 23.4 Å². The number of carbonyl (C=O) groups excluding carboxylic acids is 3. The smallest absolute Gasteiger partial charge is 0.289 e. The van der Waals surface area contributed by atoms with E-state index in [2.05, 4.69) is 10.2 Å². The highest BCUT2D eigenvalue weighted by Crippen LogP contribution is 2.39. The number of rotatable bonds is 5. The summed E-state index contributed by atoms with van der Waals surface area (Å²) in [6.07, 6.45) is 2.48. The van der Waals surface area contributed by atoms with E-state index in [1.807, 2.05) is 37.3 Å². The minimum atomic E-state index is -0.756. The number of hydrogen-bond donors (Lipinski definition) is 1. The summed E-state index contributed by atoms with van der Waals surface area (Å²) >= 11 is 0. The fourth-order valence-corrected chi connectivity index (χ4v) is 4.38. The first-order valence-corrected chi connectivity index (χ1v) is 10.3. The highest BCUT2D eigenvalue weighted by molar-refractivity contribution is 5.97. The lowest BCUT2D eigenvalue weighted by molar-refractivity contribution is -0.137. The third-order valence-electron chi connectivity index (χ3n) is 5.90. The number of likely N-dealkylation sites (tertiary alicyclic amines) is 1. The van der Waals surface area contributed by atoms with Crippen molar-refractivity contribution in [2.75, 3.05) is 37.7 Å². The monoisotopic (exact) mass is 410 g/mol. The van der Waals surface area contributed by atoms with Crippen LogP contribution in [0.15, 0.2) is 53.1 Å². The van der Waals surface area contributed by atoms with Gasteiger partial charge in [0.2, 0.25) is 5.91 Å². The first-order chi connectivity index (χ1) is 14.5. The van der Waals surface area contributed by atoms with Gasteiger partial charge >= 0.3 is 0 Å². The Morgan fingerprint density at radius 2 is 1.83 bits per heavy atom. The molecule has 2 aliphatic rings. The summed E-state index contributed by atoms with van der Waals surface area (Å²) in [4.78, 5) is 43.7. The van der Waals surface area contributed by atoms with Gasteiger partial charge in [0, 0.05) is 25.3 Å². The van der Waals surface area contributed by atoms with Crippen molar-refractivity contribution in [3.8, 4) is 0 Å². The largest absolute Gasteiger partial charge is 0.459 e. The van der Waals surface area contributed by atoms with E-state index in [1.54, 1.807) is 21.9 Å². The number of para-hydroxylation sites is 1. The SMILES string of the molecule is CCNC(=O)CN1CN(c2ccccc2)C2(CCN(C(=O)c3ccco3)CC2)C1=O. The molecule has 2 aliphatic heterocycles. The Kier molecular flexibility index (Phi) is 5.48. The van der Waals surface area contributed by atoms with Gasteiger partial charge in [0.15, 0.2) is 5.76 Å². The quantitative estimate of drug-likeness (QED) is 0.811. The summed E-state index contributed by atoms with van der Waals surface area (Å²) in [6, 6.07) is 13.1. The molecule has 1 aromatic heterocycles. The molecule has 8 heteroatoms. The number of anilines is 1. The Balaban J connectivity index is 1.56. The number of nitrogens with zero attached hydrogens (tertiary/aromatic N) is 3. The zero-order valence-electron chi connectivity index (χ0n) is 17.0. The van der Waals surface area contributed by atoms with Crippen LogP contribution in [0.5, 0.6) is 0 Å². The Morgan fingerprint density at radius 1 is 1.10 bits per heavy atom. The van der Waals surface area contributed by atoms with Gasteiger partial charge in [-0.05, 0) is 44.0 Å². The molecule has 0 atom stereocenters. The van der Waals surface area contributed by atoms with Crippen LogP contribution in [0.2, 0.25) is 0 Å². The van der Waals surface area contributed by atoms with E-state index in [-0.39, 0.29) is 24.3 Å². The minimum absolute atomic E-state index is 0.0345. The van der Waals surface area contributed by atoms with Crippen molar-refractivity contribution in [3.63, 3.8) is 0 Å². The molecule has 1 aromatic carbocycles. The predicted molar refractivity (Wildman–Crippen MR) is 111 cm³/mol. The topological polar surface area (TPSA) is 86.1 Å². The lowest BCUT2D eigenvalue weighted by Crippen LogP contribution is -2.57. The molecule has 0 radical (unpaired) electrons.